The summed E-state index contributed by atoms with van der Waals surface area (Å²) in [7, 11) is 0. The highest BCUT2D eigenvalue weighted by Crippen LogP contribution is 2.43. The van der Waals surface area contributed by atoms with E-state index in [1.165, 1.54) is 18.2 Å². The molecule has 1 saturated heterocycles. The standard InChI is InChI=1S/C18H23F2NO4/c1-12-9-17(20,10-22)18(11-24-12,13-7-5-6-8-14(13)19)21-15(23)25-16(2,3)4/h5-8,10,12H,9,11H2,1-4H3,(H,21,23)/t12-,17+,18+/m0/s1. The van der Waals surface area contributed by atoms with E-state index in [1.807, 2.05) is 0 Å². The normalized spacial score (nSPS) is 29.8. The van der Waals surface area contributed by atoms with Gasteiger partial charge in [-0.15, -0.1) is 0 Å². The number of carbonyl (C=O) groups is 2. The Labute approximate surface area is 145 Å². The van der Waals surface area contributed by atoms with Crippen LogP contribution in [0.3, 0.4) is 0 Å². The summed E-state index contributed by atoms with van der Waals surface area (Å²) in [4.78, 5) is 24.0. The summed E-state index contributed by atoms with van der Waals surface area (Å²) in [5.74, 6) is -0.749. The molecule has 0 spiro atoms. The number of nitrogens with one attached hydrogen (secondary N) is 1. The minimum atomic E-state index is -2.55. The van der Waals surface area contributed by atoms with Gasteiger partial charge in [-0.05, 0) is 33.8 Å². The van der Waals surface area contributed by atoms with E-state index in [9.17, 15) is 14.0 Å². The van der Waals surface area contributed by atoms with Crippen LogP contribution >= 0.6 is 0 Å². The van der Waals surface area contributed by atoms with Crippen molar-refractivity contribution >= 4 is 12.4 Å². The van der Waals surface area contributed by atoms with Crippen molar-refractivity contribution in [2.45, 2.75) is 57.0 Å². The lowest BCUT2D eigenvalue weighted by atomic mass is 9.72. The fraction of sp³-hybridized carbons (Fsp3) is 0.556. The first-order valence-electron chi connectivity index (χ1n) is 8.06. The van der Waals surface area contributed by atoms with Gasteiger partial charge in [0.05, 0.1) is 12.7 Å². The van der Waals surface area contributed by atoms with Crippen LogP contribution in [-0.2, 0) is 19.8 Å². The molecule has 0 aliphatic carbocycles. The lowest BCUT2D eigenvalue weighted by Crippen LogP contribution is -2.67. The molecule has 1 aromatic carbocycles. The summed E-state index contributed by atoms with van der Waals surface area (Å²) in [5, 5.41) is 2.38. The summed E-state index contributed by atoms with van der Waals surface area (Å²) in [6, 6.07) is 5.40. The maximum Gasteiger partial charge on any atom is 0.408 e. The molecule has 7 heteroatoms. The van der Waals surface area contributed by atoms with Crippen LogP contribution in [0.4, 0.5) is 13.6 Å². The Kier molecular flexibility index (Phi) is 5.18. The van der Waals surface area contributed by atoms with Crippen LogP contribution in [0.5, 0.6) is 0 Å². The molecule has 138 valence electrons. The molecule has 1 aromatic rings. The molecule has 1 N–H and O–H groups in total. The Morgan fingerprint density at radius 3 is 2.60 bits per heavy atom. The molecule has 0 bridgehead atoms. The van der Waals surface area contributed by atoms with Crippen LogP contribution in [0.15, 0.2) is 24.3 Å². The quantitative estimate of drug-likeness (QED) is 0.846. The fourth-order valence-corrected chi connectivity index (χ4v) is 2.98. The SMILES string of the molecule is C[C@H]1C[C@@](F)(C=O)[C@](NC(=O)OC(C)(C)C)(c2ccccc2F)CO1. The van der Waals surface area contributed by atoms with E-state index in [2.05, 4.69) is 5.32 Å². The van der Waals surface area contributed by atoms with Crippen molar-refractivity contribution in [3.8, 4) is 0 Å². The second kappa shape index (κ2) is 6.71. The van der Waals surface area contributed by atoms with Crippen LogP contribution < -0.4 is 5.32 Å². The van der Waals surface area contributed by atoms with Gasteiger partial charge in [-0.25, -0.2) is 13.6 Å². The van der Waals surface area contributed by atoms with Gasteiger partial charge in [-0.2, -0.15) is 0 Å². The number of hydrogen-bond donors (Lipinski definition) is 1. The van der Waals surface area contributed by atoms with Crippen LogP contribution in [-0.4, -0.2) is 36.4 Å². The van der Waals surface area contributed by atoms with E-state index in [1.54, 1.807) is 27.7 Å². The molecule has 25 heavy (non-hydrogen) atoms. The van der Waals surface area contributed by atoms with Crippen molar-refractivity contribution < 1.29 is 27.8 Å². The summed E-state index contributed by atoms with van der Waals surface area (Å²) < 4.78 is 40.8. The minimum Gasteiger partial charge on any atom is -0.444 e. The number of amides is 1. The number of carbonyl (C=O) groups excluding carboxylic acids is 2. The zero-order chi connectivity index (χ0) is 18.9. The molecule has 1 amide bonds. The average Bonchev–Trinajstić information content (AvgIpc) is 2.49. The Balaban J connectivity index is 2.54. The first-order valence-corrected chi connectivity index (χ1v) is 8.06. The van der Waals surface area contributed by atoms with Crippen molar-refractivity contribution in [2.75, 3.05) is 6.61 Å². The molecule has 0 aromatic heterocycles. The van der Waals surface area contributed by atoms with Gasteiger partial charge in [0, 0.05) is 12.0 Å². The lowest BCUT2D eigenvalue weighted by Gasteiger charge is -2.47. The van der Waals surface area contributed by atoms with Gasteiger partial charge in [0.15, 0.2) is 12.0 Å². The van der Waals surface area contributed by atoms with E-state index < -0.39 is 41.4 Å². The van der Waals surface area contributed by atoms with Gasteiger partial charge in [0.2, 0.25) is 0 Å². The highest BCUT2D eigenvalue weighted by Gasteiger charge is 2.60. The monoisotopic (exact) mass is 355 g/mol. The number of benzene rings is 1. The topological polar surface area (TPSA) is 64.6 Å². The molecule has 1 aliphatic rings. The van der Waals surface area contributed by atoms with Gasteiger partial charge in [-0.1, -0.05) is 18.2 Å². The highest BCUT2D eigenvalue weighted by atomic mass is 19.1. The van der Waals surface area contributed by atoms with Crippen molar-refractivity contribution in [3.63, 3.8) is 0 Å². The van der Waals surface area contributed by atoms with Crippen molar-refractivity contribution in [1.29, 1.82) is 0 Å². The predicted molar refractivity (Wildman–Crippen MR) is 87.4 cm³/mol. The number of aldehydes is 1. The number of alkyl carbamates (subject to hydrolysis) is 1. The molecule has 1 aliphatic heterocycles. The van der Waals surface area contributed by atoms with Gasteiger partial charge >= 0.3 is 6.09 Å². The van der Waals surface area contributed by atoms with Gasteiger partial charge in [0.1, 0.15) is 17.0 Å². The second-order valence-electron chi connectivity index (χ2n) is 7.32. The molecular weight excluding hydrogens is 332 g/mol. The number of ether oxygens (including phenoxy) is 2. The molecule has 2 rings (SSSR count). The summed E-state index contributed by atoms with van der Waals surface area (Å²) in [6.45, 7) is 6.14. The molecule has 0 radical (unpaired) electrons. The Morgan fingerprint density at radius 1 is 1.40 bits per heavy atom. The minimum absolute atomic E-state index is 0.107. The third kappa shape index (κ3) is 3.81. The van der Waals surface area contributed by atoms with Crippen molar-refractivity contribution in [3.05, 3.63) is 35.6 Å². The maximum atomic E-state index is 15.6. The van der Waals surface area contributed by atoms with E-state index in [0.29, 0.717) is 0 Å². The molecule has 0 saturated carbocycles. The Morgan fingerprint density at radius 2 is 2.04 bits per heavy atom. The van der Waals surface area contributed by atoms with Crippen LogP contribution in [0.25, 0.3) is 0 Å². The van der Waals surface area contributed by atoms with Crippen LogP contribution in [0.2, 0.25) is 0 Å². The molecular formula is C18H23F2NO4. The van der Waals surface area contributed by atoms with E-state index in [-0.39, 0.29) is 18.3 Å². The van der Waals surface area contributed by atoms with Gasteiger partial charge in [0.25, 0.3) is 0 Å². The van der Waals surface area contributed by atoms with E-state index in [0.717, 1.165) is 6.07 Å². The largest absolute Gasteiger partial charge is 0.444 e. The third-order valence-corrected chi connectivity index (χ3v) is 4.11. The Bertz CT molecular complexity index is 661. The number of hydrogen-bond acceptors (Lipinski definition) is 4. The lowest BCUT2D eigenvalue weighted by molar-refractivity contribution is -0.150. The molecule has 1 heterocycles. The van der Waals surface area contributed by atoms with Gasteiger partial charge < -0.3 is 14.8 Å². The second-order valence-corrected chi connectivity index (χ2v) is 7.32. The summed E-state index contributed by atoms with van der Waals surface area (Å²) in [5.41, 5.74) is -5.58. The van der Waals surface area contributed by atoms with Gasteiger partial charge in [-0.3, -0.25) is 4.79 Å². The number of rotatable bonds is 3. The average molecular weight is 355 g/mol. The predicted octanol–water partition coefficient (Wildman–Crippen LogP) is 3.26. The van der Waals surface area contributed by atoms with Crippen molar-refractivity contribution in [2.24, 2.45) is 0 Å². The third-order valence-electron chi connectivity index (χ3n) is 4.11. The zero-order valence-corrected chi connectivity index (χ0v) is 14.8. The molecule has 1 fully saturated rings. The van der Waals surface area contributed by atoms with E-state index in [4.69, 9.17) is 9.47 Å². The molecule has 3 atom stereocenters. The summed E-state index contributed by atoms with van der Waals surface area (Å²) in [6.07, 6.45) is -1.73. The summed E-state index contributed by atoms with van der Waals surface area (Å²) >= 11 is 0. The first-order chi connectivity index (χ1) is 11.5. The molecule has 5 nitrogen and oxygen atoms in total. The maximum absolute atomic E-state index is 15.6. The highest BCUT2D eigenvalue weighted by molar-refractivity contribution is 5.74. The van der Waals surface area contributed by atoms with E-state index >= 15 is 4.39 Å². The van der Waals surface area contributed by atoms with Crippen LogP contribution in [0, 0.1) is 5.82 Å². The number of halogens is 2. The smallest absolute Gasteiger partial charge is 0.408 e. The first kappa shape index (κ1) is 19.3. The molecule has 0 unspecified atom stereocenters. The Hall–Kier alpha value is -2.02. The van der Waals surface area contributed by atoms with Crippen LogP contribution in [0.1, 0.15) is 39.7 Å². The fourth-order valence-electron chi connectivity index (χ4n) is 2.98. The zero-order valence-electron chi connectivity index (χ0n) is 14.8. The number of alkyl halides is 1. The van der Waals surface area contributed by atoms with Crippen molar-refractivity contribution in [1.82, 2.24) is 5.32 Å².